The Hall–Kier alpha value is -0.920. The van der Waals surface area contributed by atoms with E-state index in [0.717, 1.165) is 12.3 Å². The smallest absolute Gasteiger partial charge is 0.424 e. The summed E-state index contributed by atoms with van der Waals surface area (Å²) in [4.78, 5) is 3.38. The van der Waals surface area contributed by atoms with Crippen LogP contribution in [0.4, 0.5) is 22.0 Å². The van der Waals surface area contributed by atoms with Gasteiger partial charge in [-0.25, -0.2) is 0 Å². The number of nitrogens with zero attached hydrogens (tertiary/aromatic N) is 1. The first-order chi connectivity index (χ1) is 6.72. The zero-order valence-electron chi connectivity index (χ0n) is 6.86. The van der Waals surface area contributed by atoms with Crippen molar-refractivity contribution in [2.45, 2.75) is 12.3 Å². The predicted molar refractivity (Wildman–Crippen MR) is 43.6 cm³/mol. The van der Waals surface area contributed by atoms with Crippen LogP contribution in [-0.2, 0) is 0 Å². The standard InChI is InChI=1S/C7H3BrF5NO/c8-4-1-5(3-14-2-4)15-7(12,13)6(9,10)11/h1-3H. The Labute approximate surface area is 89.2 Å². The average Bonchev–Trinajstić information content (AvgIpc) is 2.00. The minimum atomic E-state index is -5.75. The van der Waals surface area contributed by atoms with Gasteiger partial charge in [-0.1, -0.05) is 0 Å². The summed E-state index contributed by atoms with van der Waals surface area (Å²) in [5.41, 5.74) is 0. The van der Waals surface area contributed by atoms with E-state index < -0.39 is 18.0 Å². The van der Waals surface area contributed by atoms with Crippen molar-refractivity contribution in [3.05, 3.63) is 22.9 Å². The SMILES string of the molecule is FC(F)(F)C(F)(F)Oc1cncc(Br)c1. The third-order valence-electron chi connectivity index (χ3n) is 1.26. The lowest BCUT2D eigenvalue weighted by molar-refractivity contribution is -0.360. The van der Waals surface area contributed by atoms with Gasteiger partial charge >= 0.3 is 12.3 Å². The van der Waals surface area contributed by atoms with Crippen LogP contribution in [0, 0.1) is 0 Å². The number of pyridine rings is 1. The molecule has 0 saturated heterocycles. The zero-order chi connectivity index (χ0) is 11.7. The molecule has 1 rings (SSSR count). The third-order valence-corrected chi connectivity index (χ3v) is 1.69. The number of aromatic nitrogens is 1. The van der Waals surface area contributed by atoms with Crippen LogP contribution in [0.25, 0.3) is 0 Å². The largest absolute Gasteiger partial charge is 0.499 e. The van der Waals surface area contributed by atoms with Crippen molar-refractivity contribution in [1.29, 1.82) is 0 Å². The first-order valence-electron chi connectivity index (χ1n) is 3.46. The van der Waals surface area contributed by atoms with Crippen LogP contribution in [0.2, 0.25) is 0 Å². The van der Waals surface area contributed by atoms with Crippen LogP contribution in [-0.4, -0.2) is 17.3 Å². The van der Waals surface area contributed by atoms with Gasteiger partial charge in [-0.15, -0.1) is 0 Å². The van der Waals surface area contributed by atoms with Crippen molar-refractivity contribution in [1.82, 2.24) is 4.98 Å². The van der Waals surface area contributed by atoms with E-state index in [-0.39, 0.29) is 4.47 Å². The third kappa shape index (κ3) is 3.01. The second-order valence-electron chi connectivity index (χ2n) is 2.46. The fourth-order valence-electron chi connectivity index (χ4n) is 0.654. The van der Waals surface area contributed by atoms with Crippen molar-refractivity contribution in [2.24, 2.45) is 0 Å². The number of alkyl halides is 5. The monoisotopic (exact) mass is 291 g/mol. The summed E-state index contributed by atoms with van der Waals surface area (Å²) in [6.07, 6.45) is -9.01. The molecule has 84 valence electrons. The minimum Gasteiger partial charge on any atom is -0.424 e. The maximum atomic E-state index is 12.4. The van der Waals surface area contributed by atoms with Crippen LogP contribution in [0.3, 0.4) is 0 Å². The molecule has 0 saturated carbocycles. The second kappa shape index (κ2) is 3.92. The molecule has 8 heteroatoms. The van der Waals surface area contributed by atoms with Crippen molar-refractivity contribution < 1.29 is 26.7 Å². The van der Waals surface area contributed by atoms with E-state index >= 15 is 0 Å². The molecule has 1 aromatic heterocycles. The quantitative estimate of drug-likeness (QED) is 0.780. The average molecular weight is 292 g/mol. The molecule has 0 aliphatic rings. The van der Waals surface area contributed by atoms with Gasteiger partial charge in [0.25, 0.3) is 0 Å². The van der Waals surface area contributed by atoms with E-state index in [1.165, 1.54) is 6.20 Å². The van der Waals surface area contributed by atoms with E-state index in [1.54, 1.807) is 0 Å². The number of hydrogen-bond donors (Lipinski definition) is 0. The van der Waals surface area contributed by atoms with Crippen molar-refractivity contribution in [3.8, 4) is 5.75 Å². The first-order valence-corrected chi connectivity index (χ1v) is 4.26. The topological polar surface area (TPSA) is 22.1 Å². The summed E-state index contributed by atoms with van der Waals surface area (Å²) in [6, 6.07) is 0.951. The predicted octanol–water partition coefficient (Wildman–Crippen LogP) is 3.38. The van der Waals surface area contributed by atoms with E-state index in [9.17, 15) is 22.0 Å². The van der Waals surface area contributed by atoms with Gasteiger partial charge in [-0.2, -0.15) is 22.0 Å². The molecule has 0 bridgehead atoms. The molecule has 1 aromatic rings. The highest BCUT2D eigenvalue weighted by molar-refractivity contribution is 9.10. The van der Waals surface area contributed by atoms with E-state index in [0.29, 0.717) is 0 Å². The van der Waals surface area contributed by atoms with E-state index in [2.05, 4.69) is 25.7 Å². The van der Waals surface area contributed by atoms with Crippen molar-refractivity contribution in [2.75, 3.05) is 0 Å². The molecule has 0 unspecified atom stereocenters. The summed E-state index contributed by atoms with van der Waals surface area (Å²) in [5, 5.41) is 0. The Morgan fingerprint density at radius 1 is 1.13 bits per heavy atom. The molecule has 0 radical (unpaired) electrons. The first kappa shape index (κ1) is 12.2. The molecule has 0 aromatic carbocycles. The molecule has 0 atom stereocenters. The Morgan fingerprint density at radius 2 is 1.73 bits per heavy atom. The van der Waals surface area contributed by atoms with Crippen LogP contribution in [0.15, 0.2) is 22.9 Å². The van der Waals surface area contributed by atoms with Crippen LogP contribution < -0.4 is 4.74 Å². The Bertz CT molecular complexity index is 353. The Kier molecular flexibility index (Phi) is 3.17. The summed E-state index contributed by atoms with van der Waals surface area (Å²) < 4.78 is 63.6. The second-order valence-corrected chi connectivity index (χ2v) is 3.37. The van der Waals surface area contributed by atoms with Gasteiger partial charge in [-0.3, -0.25) is 4.98 Å². The molecule has 1 heterocycles. The van der Waals surface area contributed by atoms with Crippen molar-refractivity contribution in [3.63, 3.8) is 0 Å². The maximum Gasteiger partial charge on any atom is 0.499 e. The normalized spacial score (nSPS) is 12.7. The highest BCUT2D eigenvalue weighted by atomic mass is 79.9. The molecule has 2 nitrogen and oxygen atoms in total. The number of ether oxygens (including phenoxy) is 1. The Balaban J connectivity index is 2.87. The lowest BCUT2D eigenvalue weighted by atomic mass is 10.4. The van der Waals surface area contributed by atoms with Gasteiger partial charge in [0.05, 0.1) is 6.20 Å². The van der Waals surface area contributed by atoms with Crippen LogP contribution in [0.1, 0.15) is 0 Å². The molecule has 0 aliphatic carbocycles. The van der Waals surface area contributed by atoms with E-state index in [1.807, 2.05) is 0 Å². The lowest BCUT2D eigenvalue weighted by Crippen LogP contribution is -2.41. The zero-order valence-corrected chi connectivity index (χ0v) is 8.44. The highest BCUT2D eigenvalue weighted by Gasteiger charge is 2.61. The molecule has 0 spiro atoms. The summed E-state index contributed by atoms with van der Waals surface area (Å²) in [5.74, 6) is -0.674. The molecular formula is C7H3BrF5NO. The highest BCUT2D eigenvalue weighted by Crippen LogP contribution is 2.37. The van der Waals surface area contributed by atoms with Gasteiger partial charge < -0.3 is 4.74 Å². The summed E-state index contributed by atoms with van der Waals surface area (Å²) in [7, 11) is 0. The number of halogens is 6. The fourth-order valence-corrected chi connectivity index (χ4v) is 0.998. The fraction of sp³-hybridized carbons (Fsp3) is 0.286. The minimum absolute atomic E-state index is 0.234. The van der Waals surface area contributed by atoms with Gasteiger partial charge in [0.1, 0.15) is 5.75 Å². The summed E-state index contributed by atoms with van der Waals surface area (Å²) in [6.45, 7) is 0. The molecule has 0 fully saturated rings. The molecule has 15 heavy (non-hydrogen) atoms. The van der Waals surface area contributed by atoms with Gasteiger partial charge in [0, 0.05) is 10.7 Å². The summed E-state index contributed by atoms with van der Waals surface area (Å²) >= 11 is 2.85. The van der Waals surface area contributed by atoms with Crippen molar-refractivity contribution >= 4 is 15.9 Å². The van der Waals surface area contributed by atoms with Crippen LogP contribution in [0.5, 0.6) is 5.75 Å². The Morgan fingerprint density at radius 3 is 2.20 bits per heavy atom. The maximum absolute atomic E-state index is 12.4. The van der Waals surface area contributed by atoms with Crippen LogP contribution >= 0.6 is 15.9 Å². The van der Waals surface area contributed by atoms with E-state index in [4.69, 9.17) is 0 Å². The van der Waals surface area contributed by atoms with Gasteiger partial charge in [0.2, 0.25) is 0 Å². The molecule has 0 amide bonds. The number of rotatable bonds is 2. The molecule has 0 aliphatic heterocycles. The number of hydrogen-bond acceptors (Lipinski definition) is 2. The molecule has 0 N–H and O–H groups in total. The van der Waals surface area contributed by atoms with Gasteiger partial charge in [0.15, 0.2) is 0 Å². The lowest BCUT2D eigenvalue weighted by Gasteiger charge is -2.19. The van der Waals surface area contributed by atoms with Gasteiger partial charge in [-0.05, 0) is 22.0 Å². The molecular weight excluding hydrogens is 289 g/mol.